The Morgan fingerprint density at radius 2 is 1.68 bits per heavy atom. The predicted molar refractivity (Wildman–Crippen MR) is 115 cm³/mol. The average Bonchev–Trinajstić information content (AvgIpc) is 3.30. The molecule has 14 heteroatoms. The van der Waals surface area contributed by atoms with Crippen LogP contribution in [0.25, 0.3) is 11.4 Å². The van der Waals surface area contributed by atoms with Crippen molar-refractivity contribution in [3.8, 4) is 17.1 Å². The number of hydrogen-bond donors (Lipinski definition) is 2. The highest BCUT2D eigenvalue weighted by Gasteiger charge is 2.21. The molecule has 2 N–H and O–H groups in total. The normalized spacial score (nSPS) is 10.4. The highest BCUT2D eigenvalue weighted by Crippen LogP contribution is 2.28. The molecule has 0 atom stereocenters. The summed E-state index contributed by atoms with van der Waals surface area (Å²) >= 11 is 0. The number of para-hydroxylation sites is 2. The molecule has 2 amide bonds. The van der Waals surface area contributed by atoms with Gasteiger partial charge in [-0.05, 0) is 13.0 Å². The fourth-order valence-corrected chi connectivity index (χ4v) is 2.87. The molecule has 2 aromatic carbocycles. The Hall–Kier alpha value is -4.88. The number of nitro groups is 2. The van der Waals surface area contributed by atoms with Gasteiger partial charge in [0, 0.05) is 36.3 Å². The van der Waals surface area contributed by atoms with Gasteiger partial charge >= 0.3 is 17.5 Å². The Labute approximate surface area is 191 Å². The van der Waals surface area contributed by atoms with Gasteiger partial charge in [-0.2, -0.15) is 4.98 Å². The van der Waals surface area contributed by atoms with E-state index in [2.05, 4.69) is 20.8 Å². The van der Waals surface area contributed by atoms with Crippen molar-refractivity contribution in [3.05, 3.63) is 74.1 Å². The molecule has 0 bridgehead atoms. The third-order valence-electron chi connectivity index (χ3n) is 4.52. The third-order valence-corrected chi connectivity index (χ3v) is 4.52. The summed E-state index contributed by atoms with van der Waals surface area (Å²) in [7, 11) is 0. The van der Waals surface area contributed by atoms with Gasteiger partial charge in [-0.3, -0.25) is 29.8 Å². The lowest BCUT2D eigenvalue weighted by molar-refractivity contribution is -0.385. The number of rotatable bonds is 10. The van der Waals surface area contributed by atoms with E-state index in [-0.39, 0.29) is 41.9 Å². The van der Waals surface area contributed by atoms with Crippen molar-refractivity contribution in [2.45, 2.75) is 6.92 Å². The topological polar surface area (TPSA) is 193 Å². The van der Waals surface area contributed by atoms with Crippen LogP contribution in [0.5, 0.6) is 5.75 Å². The molecular weight excluding hydrogens is 452 g/mol. The zero-order valence-corrected chi connectivity index (χ0v) is 17.7. The maximum Gasteiger partial charge on any atom is 0.316 e. The molecule has 0 aliphatic heterocycles. The van der Waals surface area contributed by atoms with Gasteiger partial charge in [0.1, 0.15) is 0 Å². The van der Waals surface area contributed by atoms with E-state index in [4.69, 9.17) is 9.26 Å². The molecule has 1 aromatic heterocycles. The van der Waals surface area contributed by atoms with Crippen LogP contribution < -0.4 is 15.4 Å². The molecule has 0 aliphatic carbocycles. The monoisotopic (exact) mass is 470 g/mol. The number of nitro benzene ring substituents is 2. The van der Waals surface area contributed by atoms with Gasteiger partial charge in [-0.25, -0.2) is 0 Å². The molecule has 0 radical (unpaired) electrons. The number of nitrogens with zero attached hydrogens (tertiary/aromatic N) is 4. The molecule has 1 heterocycles. The molecule has 0 saturated carbocycles. The number of aromatic nitrogens is 2. The molecule has 0 unspecified atom stereocenters. The smallest absolute Gasteiger partial charge is 0.316 e. The van der Waals surface area contributed by atoms with Crippen molar-refractivity contribution >= 4 is 23.2 Å². The van der Waals surface area contributed by atoms with Crippen molar-refractivity contribution in [1.29, 1.82) is 0 Å². The first-order valence-corrected chi connectivity index (χ1v) is 9.77. The lowest BCUT2D eigenvalue weighted by Gasteiger charge is -2.08. The summed E-state index contributed by atoms with van der Waals surface area (Å²) < 4.78 is 10.1. The molecule has 0 saturated heterocycles. The molecule has 0 aliphatic rings. The number of carbonyl (C=O) groups excluding carboxylic acids is 2. The largest absolute Gasteiger partial charge is 0.477 e. The van der Waals surface area contributed by atoms with Gasteiger partial charge in [-0.1, -0.05) is 29.4 Å². The van der Waals surface area contributed by atoms with Crippen LogP contribution in [-0.4, -0.2) is 51.5 Å². The van der Waals surface area contributed by atoms with Gasteiger partial charge < -0.3 is 19.9 Å². The van der Waals surface area contributed by atoms with E-state index in [0.29, 0.717) is 11.1 Å². The minimum Gasteiger partial charge on any atom is -0.477 e. The van der Waals surface area contributed by atoms with E-state index in [9.17, 15) is 29.8 Å². The zero-order valence-electron chi connectivity index (χ0n) is 17.7. The lowest BCUT2D eigenvalue weighted by atomic mass is 10.1. The molecule has 3 rings (SSSR count). The molecule has 0 fully saturated rings. The van der Waals surface area contributed by atoms with E-state index in [1.54, 1.807) is 12.1 Å². The summed E-state index contributed by atoms with van der Waals surface area (Å²) in [5, 5.41) is 30.7. The zero-order chi connectivity index (χ0) is 24.7. The van der Waals surface area contributed by atoms with Gasteiger partial charge in [-0.15, -0.1) is 0 Å². The Balaban J connectivity index is 1.47. The molecule has 0 spiro atoms. The quantitative estimate of drug-likeness (QED) is 0.251. The molecular formula is C20H18N6O8. The molecule has 176 valence electrons. The summed E-state index contributed by atoms with van der Waals surface area (Å²) in [6.07, 6.45) is 0. The minimum atomic E-state index is -0.702. The SMILES string of the molecule is Cc1c(-c2noc(C(=O)NCCNC(=O)COc3ccccc3[N+](=O)[O-])n2)cccc1[N+](=O)[O-]. The van der Waals surface area contributed by atoms with Crippen molar-refractivity contribution in [3.63, 3.8) is 0 Å². The third kappa shape index (κ3) is 5.67. The first-order chi connectivity index (χ1) is 16.3. The number of benzene rings is 2. The Bertz CT molecular complexity index is 1240. The summed E-state index contributed by atoms with van der Waals surface area (Å²) in [5.74, 6) is -1.62. The lowest BCUT2D eigenvalue weighted by Crippen LogP contribution is -2.36. The van der Waals surface area contributed by atoms with Gasteiger partial charge in [0.05, 0.1) is 9.85 Å². The summed E-state index contributed by atoms with van der Waals surface area (Å²) in [5.41, 5.74) is 0.297. The highest BCUT2D eigenvalue weighted by molar-refractivity contribution is 5.90. The van der Waals surface area contributed by atoms with E-state index in [0.717, 1.165) is 0 Å². The first-order valence-electron chi connectivity index (χ1n) is 9.77. The van der Waals surface area contributed by atoms with E-state index >= 15 is 0 Å². The second-order valence-corrected chi connectivity index (χ2v) is 6.75. The Kier molecular flexibility index (Phi) is 7.43. The second kappa shape index (κ2) is 10.6. The predicted octanol–water partition coefficient (Wildman–Crippen LogP) is 1.79. The maximum absolute atomic E-state index is 12.2. The van der Waals surface area contributed by atoms with Crippen molar-refractivity contribution < 1.29 is 28.7 Å². The molecule has 3 aromatic rings. The highest BCUT2D eigenvalue weighted by atomic mass is 16.6. The van der Waals surface area contributed by atoms with Crippen LogP contribution >= 0.6 is 0 Å². The van der Waals surface area contributed by atoms with Gasteiger partial charge in [0.15, 0.2) is 12.4 Å². The first kappa shape index (κ1) is 23.8. The number of amides is 2. The molecule has 34 heavy (non-hydrogen) atoms. The van der Waals surface area contributed by atoms with Gasteiger partial charge in [0.25, 0.3) is 11.6 Å². The van der Waals surface area contributed by atoms with Crippen molar-refractivity contribution in [2.75, 3.05) is 19.7 Å². The average molecular weight is 470 g/mol. The number of carbonyl (C=O) groups is 2. The maximum atomic E-state index is 12.2. The van der Waals surface area contributed by atoms with Crippen LogP contribution in [0.1, 0.15) is 16.2 Å². The van der Waals surface area contributed by atoms with Crippen LogP contribution in [0.4, 0.5) is 11.4 Å². The standard InChI is InChI=1S/C20H18N6O8/c1-12-13(5-4-7-14(12)25(29)30)18-23-20(34-24-18)19(28)22-10-9-21-17(27)11-33-16-8-3-2-6-15(16)26(31)32/h2-8H,9-11H2,1H3,(H,21,27)(H,22,28). The van der Waals surface area contributed by atoms with Crippen LogP contribution in [0.15, 0.2) is 47.0 Å². The van der Waals surface area contributed by atoms with Crippen LogP contribution in [0, 0.1) is 27.2 Å². The summed E-state index contributed by atoms with van der Waals surface area (Å²) in [6.45, 7) is 1.14. The second-order valence-electron chi connectivity index (χ2n) is 6.75. The van der Waals surface area contributed by atoms with Crippen molar-refractivity contribution in [1.82, 2.24) is 20.8 Å². The molecule has 14 nitrogen and oxygen atoms in total. The van der Waals surface area contributed by atoms with E-state index in [1.807, 2.05) is 0 Å². The van der Waals surface area contributed by atoms with Crippen molar-refractivity contribution in [2.24, 2.45) is 0 Å². The van der Waals surface area contributed by atoms with Crippen LogP contribution in [0.2, 0.25) is 0 Å². The fraction of sp³-hybridized carbons (Fsp3) is 0.200. The summed E-state index contributed by atoms with van der Waals surface area (Å²) in [6, 6.07) is 10.0. The Morgan fingerprint density at radius 3 is 2.41 bits per heavy atom. The number of hydrogen-bond acceptors (Lipinski definition) is 10. The minimum absolute atomic E-state index is 0.0175. The van der Waals surface area contributed by atoms with Crippen LogP contribution in [-0.2, 0) is 4.79 Å². The van der Waals surface area contributed by atoms with Gasteiger partial charge in [0.2, 0.25) is 5.82 Å². The number of nitrogens with one attached hydrogen (secondary N) is 2. The van der Waals surface area contributed by atoms with E-state index in [1.165, 1.54) is 37.3 Å². The summed E-state index contributed by atoms with van der Waals surface area (Å²) in [4.78, 5) is 48.9. The van der Waals surface area contributed by atoms with Crippen LogP contribution in [0.3, 0.4) is 0 Å². The van der Waals surface area contributed by atoms with E-state index < -0.39 is 28.3 Å². The number of ether oxygens (including phenoxy) is 1. The fourth-order valence-electron chi connectivity index (χ4n) is 2.87. The Morgan fingerprint density at radius 1 is 1.00 bits per heavy atom.